The number of benzene rings is 2. The molecule has 1 N–H and O–H groups in total. The highest BCUT2D eigenvalue weighted by Crippen LogP contribution is 2.42. The van der Waals surface area contributed by atoms with Crippen LogP contribution in [0, 0.1) is 0 Å². The van der Waals surface area contributed by atoms with Gasteiger partial charge in [0.2, 0.25) is 6.04 Å². The van der Waals surface area contributed by atoms with Crippen molar-refractivity contribution in [2.24, 2.45) is 0 Å². The lowest BCUT2D eigenvalue weighted by Crippen LogP contribution is -2.67. The monoisotopic (exact) mass is 594 g/mol. The molecular formula is C34H36N5O5+. The third-order valence-electron chi connectivity index (χ3n) is 9.54. The zero-order valence-corrected chi connectivity index (χ0v) is 24.7. The predicted octanol–water partition coefficient (Wildman–Crippen LogP) is 3.20. The molecule has 4 aliphatic heterocycles. The summed E-state index contributed by atoms with van der Waals surface area (Å²) in [7, 11) is 1.80. The van der Waals surface area contributed by atoms with Gasteiger partial charge in [-0.2, -0.15) is 0 Å². The Bertz CT molecular complexity index is 1620. The molecule has 1 aliphatic carbocycles. The molecule has 4 atom stereocenters. The predicted molar refractivity (Wildman–Crippen MR) is 163 cm³/mol. The Kier molecular flexibility index (Phi) is 7.18. The summed E-state index contributed by atoms with van der Waals surface area (Å²) in [5.74, 6) is -0.764. The van der Waals surface area contributed by atoms with Crippen molar-refractivity contribution in [3.8, 4) is 0 Å². The average molecular weight is 595 g/mol. The molecule has 0 radical (unpaired) electrons. The Labute approximate surface area is 256 Å². The maximum atomic E-state index is 14.6. The quantitative estimate of drug-likeness (QED) is 0.374. The second kappa shape index (κ2) is 11.2. The van der Waals surface area contributed by atoms with E-state index in [1.807, 2.05) is 78.9 Å². The van der Waals surface area contributed by atoms with Gasteiger partial charge in [0.05, 0.1) is 38.4 Å². The van der Waals surface area contributed by atoms with Gasteiger partial charge in [0.1, 0.15) is 18.3 Å². The van der Waals surface area contributed by atoms with Crippen LogP contribution in [0.4, 0.5) is 10.5 Å². The number of allylic oxidation sites excluding steroid dienone is 2. The van der Waals surface area contributed by atoms with E-state index in [2.05, 4.69) is 5.43 Å². The van der Waals surface area contributed by atoms with Crippen molar-refractivity contribution in [1.82, 2.24) is 24.7 Å². The van der Waals surface area contributed by atoms with Crippen LogP contribution in [0.3, 0.4) is 0 Å². The van der Waals surface area contributed by atoms with Crippen molar-refractivity contribution < 1.29 is 23.9 Å². The molecule has 44 heavy (non-hydrogen) atoms. The standard InChI is InChI=1S/C34H35N5O5/c1-39(28-16-8-6-12-24(28)17-18-30(39)40)29(22-44-21-23-10-3-2-4-11-23)33(42)36-19-9-15-27(36)32(41)35-37-20-25-13-5-7-14-26-31(25)38(26)34(37)43/h2-8,10-14,16,26-27,29H,9,15,17-22H2,1H3/p+1/t26?,27-,29-,38?,39?/m0/s1. The van der Waals surface area contributed by atoms with Crippen LogP contribution in [-0.2, 0) is 32.1 Å². The molecule has 2 fully saturated rings. The molecule has 2 aromatic rings. The third-order valence-corrected chi connectivity index (χ3v) is 9.54. The molecule has 2 unspecified atom stereocenters. The van der Waals surface area contributed by atoms with Gasteiger partial charge < -0.3 is 9.64 Å². The Morgan fingerprint density at radius 1 is 1.05 bits per heavy atom. The number of carbonyl (C=O) groups is 4. The Morgan fingerprint density at radius 2 is 1.84 bits per heavy atom. The summed E-state index contributed by atoms with van der Waals surface area (Å²) in [6.45, 7) is 0.947. The molecule has 10 heteroatoms. The number of aryl methyl sites for hydroxylation is 1. The Hall–Kier alpha value is -4.54. The normalized spacial score (nSPS) is 25.9. The lowest BCUT2D eigenvalue weighted by Gasteiger charge is -2.42. The number of urea groups is 1. The number of fused-ring (bicyclic) bond motifs is 2. The number of nitrogens with one attached hydrogen (secondary N) is 1. The van der Waals surface area contributed by atoms with Crippen LogP contribution in [0.15, 0.2) is 90.2 Å². The van der Waals surface area contributed by atoms with Crippen molar-refractivity contribution >= 4 is 29.4 Å². The lowest BCUT2D eigenvalue weighted by molar-refractivity contribution is -0.150. The van der Waals surface area contributed by atoms with Crippen molar-refractivity contribution in [2.75, 3.05) is 26.7 Å². The second-order valence-corrected chi connectivity index (χ2v) is 12.1. The number of carbonyl (C=O) groups excluding carboxylic acids is 4. The Morgan fingerprint density at radius 3 is 2.68 bits per heavy atom. The number of rotatable bonds is 8. The van der Waals surface area contributed by atoms with Gasteiger partial charge in [-0.25, -0.2) is 19.1 Å². The van der Waals surface area contributed by atoms with Gasteiger partial charge in [-0.3, -0.25) is 19.9 Å². The minimum Gasteiger partial charge on any atom is -0.370 e. The fraction of sp³-hybridized carbons (Fsp3) is 0.353. The van der Waals surface area contributed by atoms with Gasteiger partial charge in [0.15, 0.2) is 0 Å². The van der Waals surface area contributed by atoms with Crippen LogP contribution in [-0.4, -0.2) is 83.4 Å². The zero-order chi connectivity index (χ0) is 30.4. The number of hydrogen-bond donors (Lipinski definition) is 1. The average Bonchev–Trinajstić information content (AvgIpc) is 3.62. The van der Waals surface area contributed by atoms with Crippen LogP contribution in [0.25, 0.3) is 0 Å². The molecule has 5 amide bonds. The zero-order valence-electron chi connectivity index (χ0n) is 24.7. The number of quaternary nitrogens is 1. The molecule has 0 spiro atoms. The smallest absolute Gasteiger partial charge is 0.344 e. The summed E-state index contributed by atoms with van der Waals surface area (Å²) < 4.78 is 5.94. The van der Waals surface area contributed by atoms with Crippen LogP contribution in [0.2, 0.25) is 0 Å². The Balaban J connectivity index is 1.13. The van der Waals surface area contributed by atoms with Gasteiger partial charge in [-0.15, -0.1) is 0 Å². The summed E-state index contributed by atoms with van der Waals surface area (Å²) in [5, 5.41) is 1.34. The molecule has 4 heterocycles. The first-order valence-corrected chi connectivity index (χ1v) is 15.3. The minimum atomic E-state index is -0.886. The lowest BCUT2D eigenvalue weighted by atomic mass is 9.95. The molecule has 10 nitrogen and oxygen atoms in total. The van der Waals surface area contributed by atoms with Gasteiger partial charge >= 0.3 is 11.9 Å². The number of likely N-dealkylation sites (N-methyl/N-ethyl adjacent to an activating group) is 1. The van der Waals surface area contributed by atoms with E-state index in [9.17, 15) is 19.2 Å². The van der Waals surface area contributed by atoms with Crippen molar-refractivity contribution in [1.29, 1.82) is 0 Å². The van der Waals surface area contributed by atoms with E-state index >= 15 is 0 Å². The van der Waals surface area contributed by atoms with E-state index in [1.165, 1.54) is 5.01 Å². The number of likely N-dealkylation sites (tertiary alicyclic amines) is 1. The first kappa shape index (κ1) is 28.2. The van der Waals surface area contributed by atoms with E-state index in [0.29, 0.717) is 38.8 Å². The van der Waals surface area contributed by atoms with E-state index in [-0.39, 0.29) is 41.5 Å². The summed E-state index contributed by atoms with van der Waals surface area (Å²) in [6.07, 6.45) is 9.82. The molecule has 0 aromatic heterocycles. The summed E-state index contributed by atoms with van der Waals surface area (Å²) in [4.78, 5) is 58.4. The summed E-state index contributed by atoms with van der Waals surface area (Å²) >= 11 is 0. The summed E-state index contributed by atoms with van der Waals surface area (Å²) in [5.41, 5.74) is 7.56. The molecule has 0 saturated carbocycles. The van der Waals surface area contributed by atoms with Gasteiger partial charge in [0, 0.05) is 12.1 Å². The molecule has 7 rings (SSSR count). The molecule has 2 aromatic carbocycles. The number of hydrogen-bond acceptors (Lipinski definition) is 5. The molecule has 226 valence electrons. The number of amides is 5. The minimum absolute atomic E-state index is 0.00683. The fourth-order valence-electron chi connectivity index (χ4n) is 7.10. The highest BCUT2D eigenvalue weighted by atomic mass is 16.5. The first-order chi connectivity index (χ1) is 21.4. The van der Waals surface area contributed by atoms with Crippen LogP contribution >= 0.6 is 0 Å². The third kappa shape index (κ3) is 4.74. The summed E-state index contributed by atoms with van der Waals surface area (Å²) in [6, 6.07) is 15.5. The molecular weight excluding hydrogens is 558 g/mol. The van der Waals surface area contributed by atoms with Crippen LogP contribution in [0.5, 0.6) is 0 Å². The highest BCUT2D eigenvalue weighted by molar-refractivity contribution is 6.00. The van der Waals surface area contributed by atoms with Gasteiger partial charge in [0.25, 0.3) is 11.8 Å². The SMILES string of the molecule is C[N+]1([C@@H](COCc2ccccc2)C(=O)N2CCC[C@H]2C(=O)NN2CC3=C4C(C=CC=C3)N4C2=O)C(=O)CCc2ccccc21. The van der Waals surface area contributed by atoms with Crippen molar-refractivity contribution in [2.45, 2.75) is 50.4 Å². The number of hydrazine groups is 1. The number of ether oxygens (including phenoxy) is 1. The van der Waals surface area contributed by atoms with Crippen molar-refractivity contribution in [3.63, 3.8) is 0 Å². The topological polar surface area (TPSA) is 99.0 Å². The van der Waals surface area contributed by atoms with Gasteiger partial charge in [-0.1, -0.05) is 72.8 Å². The highest BCUT2D eigenvalue weighted by Gasteiger charge is 2.54. The fourth-order valence-corrected chi connectivity index (χ4v) is 7.10. The van der Waals surface area contributed by atoms with E-state index in [0.717, 1.165) is 28.1 Å². The van der Waals surface area contributed by atoms with E-state index in [4.69, 9.17) is 4.74 Å². The number of para-hydroxylation sites is 1. The second-order valence-electron chi connectivity index (χ2n) is 12.1. The largest absolute Gasteiger partial charge is 0.370 e. The number of nitrogens with zero attached hydrogens (tertiary/aromatic N) is 4. The van der Waals surface area contributed by atoms with E-state index < -0.39 is 18.0 Å². The van der Waals surface area contributed by atoms with Crippen LogP contribution < -0.4 is 9.91 Å². The van der Waals surface area contributed by atoms with Crippen molar-refractivity contribution in [3.05, 3.63) is 101 Å². The molecule has 2 saturated heterocycles. The van der Waals surface area contributed by atoms with Gasteiger partial charge in [-0.05, 0) is 36.5 Å². The first-order valence-electron chi connectivity index (χ1n) is 15.3. The maximum Gasteiger partial charge on any atom is 0.344 e. The molecule has 0 bridgehead atoms. The maximum absolute atomic E-state index is 14.6. The van der Waals surface area contributed by atoms with Crippen LogP contribution in [0.1, 0.15) is 30.4 Å². The van der Waals surface area contributed by atoms with E-state index in [1.54, 1.807) is 16.8 Å². The molecule has 5 aliphatic rings.